The number of rotatable bonds is 15. The van der Waals surface area contributed by atoms with E-state index in [1.807, 2.05) is 6.92 Å². The van der Waals surface area contributed by atoms with E-state index in [0.29, 0.717) is 6.61 Å². The number of hydrogen-bond acceptors (Lipinski definition) is 4. The Bertz CT molecular complexity index is 350. The minimum absolute atomic E-state index is 0.113. The molecule has 0 aromatic heterocycles. The summed E-state index contributed by atoms with van der Waals surface area (Å²) in [6, 6.07) is 0. The van der Waals surface area contributed by atoms with Crippen molar-refractivity contribution in [3.63, 3.8) is 0 Å². The van der Waals surface area contributed by atoms with E-state index in [1.165, 1.54) is 32.1 Å². The molecule has 1 unspecified atom stereocenters. The molecule has 0 saturated carbocycles. The molecule has 0 fully saturated rings. The topological polar surface area (TPSA) is 52.6 Å². The molecule has 1 atom stereocenters. The summed E-state index contributed by atoms with van der Waals surface area (Å²) in [5, 5.41) is 0. The number of ether oxygens (including phenoxy) is 2. The van der Waals surface area contributed by atoms with E-state index in [9.17, 15) is 9.59 Å². The Labute approximate surface area is 148 Å². The Hall–Kier alpha value is -1.32. The van der Waals surface area contributed by atoms with Crippen molar-refractivity contribution in [1.82, 2.24) is 0 Å². The van der Waals surface area contributed by atoms with E-state index in [1.54, 1.807) is 0 Å². The molecule has 0 N–H and O–H groups in total. The van der Waals surface area contributed by atoms with Crippen LogP contribution in [-0.2, 0) is 19.1 Å². The monoisotopic (exact) mass is 340 g/mol. The van der Waals surface area contributed by atoms with Gasteiger partial charge in [0.15, 0.2) is 0 Å². The first-order valence-electron chi connectivity index (χ1n) is 9.65. The van der Waals surface area contributed by atoms with Crippen LogP contribution in [0.2, 0.25) is 0 Å². The molecule has 0 bridgehead atoms. The molecule has 0 aromatic rings. The van der Waals surface area contributed by atoms with Crippen molar-refractivity contribution in [2.45, 2.75) is 97.5 Å². The molecule has 0 aliphatic carbocycles. The zero-order chi connectivity index (χ0) is 18.0. The first kappa shape index (κ1) is 22.7. The second kappa shape index (κ2) is 16.5. The Kier molecular flexibility index (Phi) is 15.6. The Morgan fingerprint density at radius 3 is 2.00 bits per heavy atom. The van der Waals surface area contributed by atoms with Gasteiger partial charge in [-0.25, -0.2) is 9.59 Å². The number of carbonyl (C=O) groups is 2. The molecular weight excluding hydrogens is 304 g/mol. The van der Waals surface area contributed by atoms with Gasteiger partial charge in [0.25, 0.3) is 0 Å². The minimum Gasteiger partial charge on any atom is -0.463 e. The van der Waals surface area contributed by atoms with Crippen LogP contribution in [0.25, 0.3) is 0 Å². The van der Waals surface area contributed by atoms with Gasteiger partial charge < -0.3 is 9.47 Å². The van der Waals surface area contributed by atoms with Gasteiger partial charge in [0.05, 0.1) is 12.7 Å². The van der Waals surface area contributed by atoms with Gasteiger partial charge in [-0.3, -0.25) is 0 Å². The molecule has 24 heavy (non-hydrogen) atoms. The molecule has 0 heterocycles. The summed E-state index contributed by atoms with van der Waals surface area (Å²) in [5.41, 5.74) is 0. The van der Waals surface area contributed by atoms with Gasteiger partial charge in [-0.05, 0) is 26.2 Å². The molecular formula is C20H36O4. The smallest absolute Gasteiger partial charge is 0.331 e. The molecule has 0 aromatic carbocycles. The summed E-state index contributed by atoms with van der Waals surface area (Å²) in [6.07, 6.45) is 14.6. The lowest BCUT2D eigenvalue weighted by molar-refractivity contribution is -0.143. The van der Waals surface area contributed by atoms with Gasteiger partial charge in [-0.1, -0.05) is 65.2 Å². The van der Waals surface area contributed by atoms with Crippen LogP contribution in [0, 0.1) is 0 Å². The lowest BCUT2D eigenvalue weighted by atomic mass is 10.1. The average Bonchev–Trinajstić information content (AvgIpc) is 2.56. The van der Waals surface area contributed by atoms with Crippen LogP contribution >= 0.6 is 0 Å². The largest absolute Gasteiger partial charge is 0.463 e. The summed E-state index contributed by atoms with van der Waals surface area (Å²) in [6.45, 7) is 6.64. The maximum absolute atomic E-state index is 11.6. The van der Waals surface area contributed by atoms with Gasteiger partial charge in [-0.2, -0.15) is 0 Å². The molecule has 0 amide bonds. The zero-order valence-electron chi connectivity index (χ0n) is 15.9. The van der Waals surface area contributed by atoms with Crippen LogP contribution in [0.4, 0.5) is 0 Å². The van der Waals surface area contributed by atoms with Crippen molar-refractivity contribution >= 4 is 11.9 Å². The Morgan fingerprint density at radius 2 is 1.33 bits per heavy atom. The SMILES string of the molecule is CCCCCCCCC(C)OC(=O)/C=C/C(=O)OCCCCCC. The van der Waals surface area contributed by atoms with Gasteiger partial charge in [0.2, 0.25) is 0 Å². The van der Waals surface area contributed by atoms with Crippen molar-refractivity contribution in [3.05, 3.63) is 12.2 Å². The first-order valence-corrected chi connectivity index (χ1v) is 9.65. The van der Waals surface area contributed by atoms with Gasteiger partial charge in [-0.15, -0.1) is 0 Å². The quantitative estimate of drug-likeness (QED) is 0.229. The highest BCUT2D eigenvalue weighted by atomic mass is 16.5. The second-order valence-corrected chi connectivity index (χ2v) is 6.37. The standard InChI is InChI=1S/C20H36O4/c1-4-6-8-10-11-12-14-18(3)24-20(22)16-15-19(21)23-17-13-9-7-5-2/h15-16,18H,4-14,17H2,1-3H3/b16-15+. The van der Waals surface area contributed by atoms with Gasteiger partial charge >= 0.3 is 11.9 Å². The van der Waals surface area contributed by atoms with Crippen LogP contribution in [0.1, 0.15) is 91.4 Å². The van der Waals surface area contributed by atoms with Crippen LogP contribution in [0.15, 0.2) is 12.2 Å². The van der Waals surface area contributed by atoms with E-state index in [0.717, 1.165) is 50.7 Å². The fourth-order valence-corrected chi connectivity index (χ4v) is 2.39. The lowest BCUT2D eigenvalue weighted by Crippen LogP contribution is -2.13. The number of hydrogen-bond donors (Lipinski definition) is 0. The van der Waals surface area contributed by atoms with Crippen LogP contribution in [0.5, 0.6) is 0 Å². The Morgan fingerprint density at radius 1 is 0.792 bits per heavy atom. The fraction of sp³-hybridized carbons (Fsp3) is 0.800. The van der Waals surface area contributed by atoms with Crippen molar-refractivity contribution in [1.29, 1.82) is 0 Å². The summed E-state index contributed by atoms with van der Waals surface area (Å²) in [5.74, 6) is -0.955. The number of carbonyl (C=O) groups excluding carboxylic acids is 2. The zero-order valence-corrected chi connectivity index (χ0v) is 15.9. The molecule has 0 aliphatic heterocycles. The summed E-state index contributed by atoms with van der Waals surface area (Å²) in [4.78, 5) is 23.1. The van der Waals surface area contributed by atoms with Crippen molar-refractivity contribution in [3.8, 4) is 0 Å². The van der Waals surface area contributed by atoms with E-state index >= 15 is 0 Å². The summed E-state index contributed by atoms with van der Waals surface area (Å²) in [7, 11) is 0. The number of esters is 2. The van der Waals surface area contributed by atoms with Crippen LogP contribution in [-0.4, -0.2) is 24.6 Å². The van der Waals surface area contributed by atoms with Gasteiger partial charge in [0, 0.05) is 12.2 Å². The van der Waals surface area contributed by atoms with Crippen molar-refractivity contribution in [2.75, 3.05) is 6.61 Å². The maximum atomic E-state index is 11.6. The average molecular weight is 341 g/mol. The fourth-order valence-electron chi connectivity index (χ4n) is 2.39. The van der Waals surface area contributed by atoms with E-state index < -0.39 is 11.9 Å². The van der Waals surface area contributed by atoms with E-state index in [-0.39, 0.29) is 6.10 Å². The first-order chi connectivity index (χ1) is 11.6. The molecule has 0 saturated heterocycles. The highest BCUT2D eigenvalue weighted by molar-refractivity contribution is 5.91. The van der Waals surface area contributed by atoms with Gasteiger partial charge in [0.1, 0.15) is 0 Å². The number of unbranched alkanes of at least 4 members (excludes halogenated alkanes) is 8. The van der Waals surface area contributed by atoms with Crippen molar-refractivity contribution in [2.24, 2.45) is 0 Å². The Balaban J connectivity index is 3.68. The highest BCUT2D eigenvalue weighted by Gasteiger charge is 2.07. The van der Waals surface area contributed by atoms with E-state index in [2.05, 4.69) is 13.8 Å². The lowest BCUT2D eigenvalue weighted by Gasteiger charge is -2.11. The minimum atomic E-state index is -0.480. The molecule has 0 aliphatic rings. The molecule has 0 spiro atoms. The summed E-state index contributed by atoms with van der Waals surface area (Å²) >= 11 is 0. The predicted molar refractivity (Wildman–Crippen MR) is 97.8 cm³/mol. The summed E-state index contributed by atoms with van der Waals surface area (Å²) < 4.78 is 10.3. The predicted octanol–water partition coefficient (Wildman–Crippen LogP) is 5.35. The highest BCUT2D eigenvalue weighted by Crippen LogP contribution is 2.10. The normalized spacial score (nSPS) is 12.3. The molecule has 0 radical (unpaired) electrons. The maximum Gasteiger partial charge on any atom is 0.331 e. The third-order valence-corrected chi connectivity index (χ3v) is 3.88. The van der Waals surface area contributed by atoms with E-state index in [4.69, 9.17) is 9.47 Å². The molecule has 140 valence electrons. The third-order valence-electron chi connectivity index (χ3n) is 3.88. The van der Waals surface area contributed by atoms with Crippen molar-refractivity contribution < 1.29 is 19.1 Å². The second-order valence-electron chi connectivity index (χ2n) is 6.37. The molecule has 4 nitrogen and oxygen atoms in total. The molecule has 4 heteroatoms. The van der Waals surface area contributed by atoms with Crippen LogP contribution in [0.3, 0.4) is 0 Å². The van der Waals surface area contributed by atoms with Crippen LogP contribution < -0.4 is 0 Å². The molecule has 0 rings (SSSR count). The third kappa shape index (κ3) is 15.6.